The highest BCUT2D eigenvalue weighted by Gasteiger charge is 2.17. The van der Waals surface area contributed by atoms with Crippen molar-refractivity contribution in [2.75, 3.05) is 13.2 Å². The van der Waals surface area contributed by atoms with E-state index in [4.69, 9.17) is 15.5 Å². The first-order valence-corrected chi connectivity index (χ1v) is 9.73. The third-order valence-electron chi connectivity index (χ3n) is 4.29. The molecule has 0 radical (unpaired) electrons. The SMILES string of the molecule is Cc1cc(-c2nc3c(C)ccc(OCCN)c3s2)c2ncc(OC(F)F)nc2c1. The molecule has 0 saturated carbocycles. The number of aromatic nitrogens is 3. The molecule has 0 saturated heterocycles. The summed E-state index contributed by atoms with van der Waals surface area (Å²) in [6.45, 7) is 1.77. The molecule has 29 heavy (non-hydrogen) atoms. The van der Waals surface area contributed by atoms with Crippen LogP contribution in [0, 0.1) is 13.8 Å². The summed E-state index contributed by atoms with van der Waals surface area (Å²) < 4.78 is 36.1. The maximum Gasteiger partial charge on any atom is 0.388 e. The summed E-state index contributed by atoms with van der Waals surface area (Å²) in [5.41, 5.74) is 10.2. The monoisotopic (exact) mass is 416 g/mol. The third kappa shape index (κ3) is 3.83. The predicted molar refractivity (Wildman–Crippen MR) is 109 cm³/mol. The van der Waals surface area contributed by atoms with Crippen LogP contribution in [-0.2, 0) is 0 Å². The molecule has 150 valence electrons. The van der Waals surface area contributed by atoms with Crippen LogP contribution in [0.25, 0.3) is 31.8 Å². The first kappa shape index (κ1) is 19.4. The number of rotatable bonds is 6. The van der Waals surface area contributed by atoms with Gasteiger partial charge in [0.15, 0.2) is 0 Å². The zero-order chi connectivity index (χ0) is 20.5. The molecule has 9 heteroatoms. The summed E-state index contributed by atoms with van der Waals surface area (Å²) >= 11 is 1.48. The van der Waals surface area contributed by atoms with Gasteiger partial charge in [0.05, 0.1) is 27.4 Å². The fourth-order valence-electron chi connectivity index (χ4n) is 3.07. The van der Waals surface area contributed by atoms with Crippen LogP contribution in [0.1, 0.15) is 11.1 Å². The molecule has 6 nitrogen and oxygen atoms in total. The smallest absolute Gasteiger partial charge is 0.388 e. The van der Waals surface area contributed by atoms with Crippen LogP contribution in [0.5, 0.6) is 11.6 Å². The molecule has 4 aromatic rings. The van der Waals surface area contributed by atoms with E-state index >= 15 is 0 Å². The Hall–Kier alpha value is -2.91. The van der Waals surface area contributed by atoms with Gasteiger partial charge in [0, 0.05) is 12.1 Å². The van der Waals surface area contributed by atoms with Crippen LogP contribution >= 0.6 is 11.3 Å². The Morgan fingerprint density at radius 2 is 1.97 bits per heavy atom. The minimum absolute atomic E-state index is 0.221. The zero-order valence-electron chi connectivity index (χ0n) is 15.8. The molecule has 2 aromatic heterocycles. The fraction of sp³-hybridized carbons (Fsp3) is 0.250. The van der Waals surface area contributed by atoms with E-state index in [1.54, 1.807) is 6.07 Å². The standard InChI is InChI=1S/C20H18F2N4O2S/c1-10-7-12(17-13(8-10)25-15(9-24-17)28-20(21)22)19-26-16-11(2)3-4-14(18(16)29-19)27-6-5-23/h3-4,7-9,20H,5-6,23H2,1-2H3. The summed E-state index contributed by atoms with van der Waals surface area (Å²) in [6, 6.07) is 7.60. The van der Waals surface area contributed by atoms with Gasteiger partial charge in [-0.3, -0.25) is 0 Å². The predicted octanol–water partition coefficient (Wildman–Crippen LogP) is 4.46. The summed E-state index contributed by atoms with van der Waals surface area (Å²) in [5, 5.41) is 0.748. The first-order chi connectivity index (χ1) is 14.0. The van der Waals surface area contributed by atoms with Gasteiger partial charge in [-0.05, 0) is 43.2 Å². The van der Waals surface area contributed by atoms with Crippen molar-refractivity contribution in [3.8, 4) is 22.2 Å². The molecule has 2 aromatic carbocycles. The largest absolute Gasteiger partial charge is 0.491 e. The normalized spacial score (nSPS) is 11.5. The lowest BCUT2D eigenvalue weighted by atomic mass is 10.1. The van der Waals surface area contributed by atoms with Crippen molar-refractivity contribution in [1.29, 1.82) is 0 Å². The van der Waals surface area contributed by atoms with E-state index in [9.17, 15) is 8.78 Å². The Kier molecular flexibility index (Phi) is 5.25. The molecule has 2 heterocycles. The lowest BCUT2D eigenvalue weighted by molar-refractivity contribution is -0.0528. The minimum atomic E-state index is -2.95. The number of nitrogens with zero attached hydrogens (tertiary/aromatic N) is 3. The summed E-state index contributed by atoms with van der Waals surface area (Å²) in [6.07, 6.45) is 1.20. The van der Waals surface area contributed by atoms with Gasteiger partial charge in [-0.15, -0.1) is 11.3 Å². The molecule has 0 fully saturated rings. The molecule has 0 aliphatic carbocycles. The molecule has 0 unspecified atom stereocenters. The van der Waals surface area contributed by atoms with Gasteiger partial charge in [-0.25, -0.2) is 15.0 Å². The summed E-state index contributed by atoms with van der Waals surface area (Å²) in [4.78, 5) is 13.3. The van der Waals surface area contributed by atoms with Crippen molar-refractivity contribution in [2.24, 2.45) is 5.73 Å². The maximum atomic E-state index is 12.5. The third-order valence-corrected chi connectivity index (χ3v) is 5.40. The van der Waals surface area contributed by atoms with E-state index in [2.05, 4.69) is 14.7 Å². The molecular formula is C20H18F2N4O2S. The van der Waals surface area contributed by atoms with Crippen molar-refractivity contribution in [2.45, 2.75) is 20.5 Å². The van der Waals surface area contributed by atoms with Crippen molar-refractivity contribution < 1.29 is 18.3 Å². The van der Waals surface area contributed by atoms with Crippen molar-refractivity contribution in [3.63, 3.8) is 0 Å². The van der Waals surface area contributed by atoms with E-state index in [0.717, 1.165) is 37.7 Å². The number of fused-ring (bicyclic) bond motifs is 2. The van der Waals surface area contributed by atoms with Gasteiger partial charge in [0.1, 0.15) is 17.4 Å². The molecule has 0 bridgehead atoms. The molecule has 0 atom stereocenters. The number of thiazole rings is 1. The number of ether oxygens (including phenoxy) is 2. The number of nitrogens with two attached hydrogens (primary N) is 1. The second-order valence-electron chi connectivity index (χ2n) is 6.48. The van der Waals surface area contributed by atoms with Crippen LogP contribution in [-0.4, -0.2) is 34.7 Å². The molecule has 0 amide bonds. The second-order valence-corrected chi connectivity index (χ2v) is 7.48. The van der Waals surface area contributed by atoms with Gasteiger partial charge in [-0.2, -0.15) is 8.78 Å². The first-order valence-electron chi connectivity index (χ1n) is 8.92. The van der Waals surface area contributed by atoms with Crippen LogP contribution in [0.2, 0.25) is 0 Å². The zero-order valence-corrected chi connectivity index (χ0v) is 16.6. The van der Waals surface area contributed by atoms with Gasteiger partial charge in [-0.1, -0.05) is 6.07 Å². The number of hydrogen-bond acceptors (Lipinski definition) is 7. The average molecular weight is 416 g/mol. The molecule has 0 spiro atoms. The average Bonchev–Trinajstić information content (AvgIpc) is 3.12. The quantitative estimate of drug-likeness (QED) is 0.500. The highest BCUT2D eigenvalue weighted by atomic mass is 32.1. The van der Waals surface area contributed by atoms with E-state index in [1.807, 2.05) is 32.0 Å². The second kappa shape index (κ2) is 7.84. The number of aryl methyl sites for hydroxylation is 2. The summed E-state index contributed by atoms with van der Waals surface area (Å²) in [7, 11) is 0. The fourth-order valence-corrected chi connectivity index (χ4v) is 4.19. The number of halogens is 2. The van der Waals surface area contributed by atoms with Crippen LogP contribution in [0.4, 0.5) is 8.78 Å². The van der Waals surface area contributed by atoms with E-state index < -0.39 is 6.61 Å². The van der Waals surface area contributed by atoms with Crippen molar-refractivity contribution in [1.82, 2.24) is 15.0 Å². The Labute approximate surface area is 169 Å². The van der Waals surface area contributed by atoms with E-state index in [-0.39, 0.29) is 5.88 Å². The van der Waals surface area contributed by atoms with Gasteiger partial charge < -0.3 is 15.2 Å². The Morgan fingerprint density at radius 1 is 1.14 bits per heavy atom. The van der Waals surface area contributed by atoms with Crippen LogP contribution in [0.15, 0.2) is 30.5 Å². The van der Waals surface area contributed by atoms with Gasteiger partial charge in [0.2, 0.25) is 5.88 Å². The number of alkyl halides is 2. The molecule has 4 rings (SSSR count). The van der Waals surface area contributed by atoms with Crippen LogP contribution in [0.3, 0.4) is 0 Å². The Bertz CT molecular complexity index is 1200. The number of benzene rings is 2. The molecular weight excluding hydrogens is 398 g/mol. The summed E-state index contributed by atoms with van der Waals surface area (Å²) in [5.74, 6) is 0.511. The van der Waals surface area contributed by atoms with E-state index in [1.165, 1.54) is 17.5 Å². The molecule has 2 N–H and O–H groups in total. The van der Waals surface area contributed by atoms with Gasteiger partial charge in [0.25, 0.3) is 0 Å². The van der Waals surface area contributed by atoms with Crippen molar-refractivity contribution >= 4 is 32.6 Å². The number of hydrogen-bond donors (Lipinski definition) is 1. The lowest BCUT2D eigenvalue weighted by Crippen LogP contribution is -2.10. The van der Waals surface area contributed by atoms with E-state index in [0.29, 0.717) is 24.2 Å². The maximum absolute atomic E-state index is 12.5. The van der Waals surface area contributed by atoms with Gasteiger partial charge >= 0.3 is 6.61 Å². The highest BCUT2D eigenvalue weighted by molar-refractivity contribution is 7.22. The van der Waals surface area contributed by atoms with Crippen LogP contribution < -0.4 is 15.2 Å². The molecule has 0 aliphatic rings. The topological polar surface area (TPSA) is 83.2 Å². The lowest BCUT2D eigenvalue weighted by Gasteiger charge is -2.07. The highest BCUT2D eigenvalue weighted by Crippen LogP contribution is 2.39. The minimum Gasteiger partial charge on any atom is -0.491 e. The molecule has 0 aliphatic heterocycles. The Balaban J connectivity index is 1.87. The van der Waals surface area contributed by atoms with Crippen molar-refractivity contribution in [3.05, 3.63) is 41.6 Å². The Morgan fingerprint density at radius 3 is 2.72 bits per heavy atom.